The van der Waals surface area contributed by atoms with Gasteiger partial charge in [0.2, 0.25) is 5.91 Å². The maximum Gasteiger partial charge on any atom is 0.329 e. The van der Waals surface area contributed by atoms with E-state index in [-0.39, 0.29) is 5.91 Å². The molecular formula is C16H27NO3. The lowest BCUT2D eigenvalue weighted by Crippen LogP contribution is -2.56. The van der Waals surface area contributed by atoms with E-state index in [1.165, 1.54) is 25.7 Å². The van der Waals surface area contributed by atoms with Crippen molar-refractivity contribution in [3.63, 3.8) is 0 Å². The fourth-order valence-corrected chi connectivity index (χ4v) is 3.88. The highest BCUT2D eigenvalue weighted by atomic mass is 16.4. The molecule has 0 radical (unpaired) electrons. The highest BCUT2D eigenvalue weighted by molar-refractivity contribution is 5.87. The van der Waals surface area contributed by atoms with Crippen LogP contribution >= 0.6 is 0 Å². The van der Waals surface area contributed by atoms with Gasteiger partial charge >= 0.3 is 5.97 Å². The number of nitrogens with one attached hydrogen (secondary N) is 1. The zero-order chi connectivity index (χ0) is 14.6. The molecule has 2 rings (SSSR count). The standard InChI is InChI=1S/C16H27NO3/c1-12-5-4-10-16(11-12,15(19)20)17-14(18)9-8-13-6-2-3-7-13/h12-13H,2-11H2,1H3,(H,17,18)(H,19,20). The number of carbonyl (C=O) groups is 2. The minimum atomic E-state index is -1.01. The van der Waals surface area contributed by atoms with Gasteiger partial charge in [-0.3, -0.25) is 4.79 Å². The van der Waals surface area contributed by atoms with Crippen molar-refractivity contribution >= 4 is 11.9 Å². The molecule has 0 aromatic heterocycles. The van der Waals surface area contributed by atoms with Gasteiger partial charge in [-0.2, -0.15) is 0 Å². The normalized spacial score (nSPS) is 31.1. The molecule has 4 nitrogen and oxygen atoms in total. The van der Waals surface area contributed by atoms with E-state index in [1.54, 1.807) is 0 Å². The molecule has 0 aromatic carbocycles. The van der Waals surface area contributed by atoms with Crippen LogP contribution < -0.4 is 5.32 Å². The molecule has 4 heteroatoms. The zero-order valence-corrected chi connectivity index (χ0v) is 12.5. The lowest BCUT2D eigenvalue weighted by molar-refractivity contribution is -0.150. The molecule has 2 aliphatic carbocycles. The van der Waals surface area contributed by atoms with Crippen molar-refractivity contribution < 1.29 is 14.7 Å². The first-order chi connectivity index (χ1) is 9.52. The Morgan fingerprint density at radius 3 is 2.50 bits per heavy atom. The van der Waals surface area contributed by atoms with Gasteiger partial charge in [0.1, 0.15) is 5.54 Å². The molecule has 2 atom stereocenters. The van der Waals surface area contributed by atoms with Crippen LogP contribution in [-0.2, 0) is 9.59 Å². The Morgan fingerprint density at radius 2 is 1.90 bits per heavy atom. The van der Waals surface area contributed by atoms with Crippen LogP contribution in [0.2, 0.25) is 0 Å². The number of carboxylic acids is 1. The minimum Gasteiger partial charge on any atom is -0.480 e. The summed E-state index contributed by atoms with van der Waals surface area (Å²) in [5.41, 5.74) is -1.01. The highest BCUT2D eigenvalue weighted by Gasteiger charge is 2.43. The maximum atomic E-state index is 12.1. The van der Waals surface area contributed by atoms with Crippen LogP contribution in [0.4, 0.5) is 0 Å². The van der Waals surface area contributed by atoms with E-state index in [9.17, 15) is 14.7 Å². The van der Waals surface area contributed by atoms with Crippen molar-refractivity contribution in [3.8, 4) is 0 Å². The van der Waals surface area contributed by atoms with Gasteiger partial charge in [0.15, 0.2) is 0 Å². The van der Waals surface area contributed by atoms with Crippen LogP contribution in [0.5, 0.6) is 0 Å². The molecule has 2 fully saturated rings. The summed E-state index contributed by atoms with van der Waals surface area (Å²) in [6, 6.07) is 0. The van der Waals surface area contributed by atoms with Crippen LogP contribution in [0, 0.1) is 11.8 Å². The maximum absolute atomic E-state index is 12.1. The Labute approximate surface area is 121 Å². The van der Waals surface area contributed by atoms with Crippen molar-refractivity contribution in [1.29, 1.82) is 0 Å². The summed E-state index contributed by atoms with van der Waals surface area (Å²) in [7, 11) is 0. The summed E-state index contributed by atoms with van der Waals surface area (Å²) in [5, 5.41) is 12.4. The van der Waals surface area contributed by atoms with Crippen LogP contribution in [0.1, 0.15) is 71.1 Å². The number of carbonyl (C=O) groups excluding carboxylic acids is 1. The molecular weight excluding hydrogens is 254 g/mol. The second kappa shape index (κ2) is 6.59. The van der Waals surface area contributed by atoms with Crippen molar-refractivity contribution in [2.24, 2.45) is 11.8 Å². The molecule has 2 aliphatic rings. The first-order valence-corrected chi connectivity index (χ1v) is 8.06. The molecule has 2 unspecified atom stereocenters. The molecule has 0 aromatic rings. The third-order valence-electron chi connectivity index (χ3n) is 5.04. The Bertz CT molecular complexity index is 363. The van der Waals surface area contributed by atoms with Gasteiger partial charge < -0.3 is 10.4 Å². The van der Waals surface area contributed by atoms with Crippen LogP contribution in [-0.4, -0.2) is 22.5 Å². The smallest absolute Gasteiger partial charge is 0.329 e. The summed E-state index contributed by atoms with van der Waals surface area (Å²) in [6.07, 6.45) is 9.50. The Morgan fingerprint density at radius 1 is 1.20 bits per heavy atom. The Kier molecular flexibility index (Phi) is 5.06. The Balaban J connectivity index is 1.87. The third-order valence-corrected chi connectivity index (χ3v) is 5.04. The van der Waals surface area contributed by atoms with E-state index in [1.807, 2.05) is 0 Å². The van der Waals surface area contributed by atoms with Crippen molar-refractivity contribution in [2.75, 3.05) is 0 Å². The fraction of sp³-hybridized carbons (Fsp3) is 0.875. The van der Waals surface area contributed by atoms with E-state index in [0.29, 0.717) is 31.1 Å². The summed E-state index contributed by atoms with van der Waals surface area (Å²) in [6.45, 7) is 2.07. The van der Waals surface area contributed by atoms with Crippen LogP contribution in [0.25, 0.3) is 0 Å². The van der Waals surface area contributed by atoms with Gasteiger partial charge in [0.05, 0.1) is 0 Å². The molecule has 0 heterocycles. The molecule has 0 spiro atoms. The zero-order valence-electron chi connectivity index (χ0n) is 12.5. The second-order valence-corrected chi connectivity index (χ2v) is 6.83. The fourth-order valence-electron chi connectivity index (χ4n) is 3.88. The predicted octanol–water partition coefficient (Wildman–Crippen LogP) is 3.11. The lowest BCUT2D eigenvalue weighted by Gasteiger charge is -2.37. The van der Waals surface area contributed by atoms with Crippen molar-refractivity contribution in [2.45, 2.75) is 76.7 Å². The summed E-state index contributed by atoms with van der Waals surface area (Å²) < 4.78 is 0. The molecule has 114 valence electrons. The summed E-state index contributed by atoms with van der Waals surface area (Å²) in [5.74, 6) is 0.105. The monoisotopic (exact) mass is 281 g/mol. The van der Waals surface area contributed by atoms with Crippen LogP contribution in [0.3, 0.4) is 0 Å². The topological polar surface area (TPSA) is 66.4 Å². The summed E-state index contributed by atoms with van der Waals surface area (Å²) in [4.78, 5) is 23.7. The van der Waals surface area contributed by atoms with E-state index >= 15 is 0 Å². The quantitative estimate of drug-likeness (QED) is 0.813. The predicted molar refractivity (Wildman–Crippen MR) is 77.3 cm³/mol. The second-order valence-electron chi connectivity index (χ2n) is 6.83. The Hall–Kier alpha value is -1.06. The average Bonchev–Trinajstić information content (AvgIpc) is 2.89. The highest BCUT2D eigenvalue weighted by Crippen LogP contribution is 2.33. The van der Waals surface area contributed by atoms with Gasteiger partial charge in [-0.25, -0.2) is 4.79 Å². The number of rotatable bonds is 5. The third kappa shape index (κ3) is 3.74. The molecule has 0 bridgehead atoms. The number of amides is 1. The van der Waals surface area contributed by atoms with E-state index in [0.717, 1.165) is 19.3 Å². The van der Waals surface area contributed by atoms with E-state index in [4.69, 9.17) is 0 Å². The molecule has 20 heavy (non-hydrogen) atoms. The minimum absolute atomic E-state index is 0.0756. The van der Waals surface area contributed by atoms with Gasteiger partial charge in [-0.1, -0.05) is 45.4 Å². The number of aliphatic carboxylic acids is 1. The largest absolute Gasteiger partial charge is 0.480 e. The van der Waals surface area contributed by atoms with Gasteiger partial charge in [-0.05, 0) is 31.1 Å². The first kappa shape index (κ1) is 15.3. The summed E-state index contributed by atoms with van der Waals surface area (Å²) >= 11 is 0. The first-order valence-electron chi connectivity index (χ1n) is 8.06. The number of hydrogen-bond donors (Lipinski definition) is 2. The number of hydrogen-bond acceptors (Lipinski definition) is 2. The number of carboxylic acid groups (broad SMARTS) is 1. The average molecular weight is 281 g/mol. The van der Waals surface area contributed by atoms with E-state index < -0.39 is 11.5 Å². The molecule has 1 amide bonds. The van der Waals surface area contributed by atoms with Gasteiger partial charge in [0.25, 0.3) is 0 Å². The van der Waals surface area contributed by atoms with Crippen molar-refractivity contribution in [1.82, 2.24) is 5.32 Å². The van der Waals surface area contributed by atoms with E-state index in [2.05, 4.69) is 12.2 Å². The van der Waals surface area contributed by atoms with Gasteiger partial charge in [0, 0.05) is 6.42 Å². The molecule has 0 saturated heterocycles. The lowest BCUT2D eigenvalue weighted by atomic mass is 9.76. The van der Waals surface area contributed by atoms with Crippen LogP contribution in [0.15, 0.2) is 0 Å². The molecule has 2 N–H and O–H groups in total. The van der Waals surface area contributed by atoms with Gasteiger partial charge in [-0.15, -0.1) is 0 Å². The molecule has 2 saturated carbocycles. The molecule has 0 aliphatic heterocycles. The SMILES string of the molecule is CC1CCCC(NC(=O)CCC2CCCC2)(C(=O)O)C1. The van der Waals surface area contributed by atoms with Crippen molar-refractivity contribution in [3.05, 3.63) is 0 Å².